The average molecular weight is 375 g/mol. The number of pyridine rings is 2. The van der Waals surface area contributed by atoms with E-state index < -0.39 is 0 Å². The van der Waals surface area contributed by atoms with E-state index in [2.05, 4.69) is 15.2 Å². The summed E-state index contributed by atoms with van der Waals surface area (Å²) in [5.41, 5.74) is 11.0. The first-order valence-electron chi connectivity index (χ1n) is 9.02. The molecule has 7 heteroatoms. The molecular weight excluding hydrogens is 354 g/mol. The number of benzene rings is 1. The lowest BCUT2D eigenvalue weighted by molar-refractivity contribution is 0.189. The average Bonchev–Trinajstić information content (AvgIpc) is 3.06. The third kappa shape index (κ3) is 3.79. The van der Waals surface area contributed by atoms with Crippen LogP contribution in [0.3, 0.4) is 0 Å². The number of aromatic nitrogens is 4. The molecule has 1 aromatic heterocycles. The van der Waals surface area contributed by atoms with Gasteiger partial charge in [0.1, 0.15) is 18.1 Å². The van der Waals surface area contributed by atoms with Crippen molar-refractivity contribution in [3.05, 3.63) is 72.3 Å². The number of hydrogen-bond donors (Lipinski definition) is 2. The topological polar surface area (TPSA) is 99.1 Å². The highest BCUT2D eigenvalue weighted by Gasteiger charge is 2.16. The van der Waals surface area contributed by atoms with Crippen LogP contribution < -0.4 is 10.5 Å². The number of aryl methyl sites for hydroxylation is 1. The van der Waals surface area contributed by atoms with E-state index in [9.17, 15) is 5.21 Å². The van der Waals surface area contributed by atoms with Crippen LogP contribution in [0.2, 0.25) is 0 Å². The van der Waals surface area contributed by atoms with Crippen LogP contribution in [0, 0.1) is 6.92 Å². The van der Waals surface area contributed by atoms with Gasteiger partial charge in [-0.15, -0.1) is 5.10 Å². The van der Waals surface area contributed by atoms with Gasteiger partial charge in [0, 0.05) is 23.4 Å². The Bertz CT molecular complexity index is 1050. The van der Waals surface area contributed by atoms with E-state index in [1.165, 1.54) is 11.8 Å². The van der Waals surface area contributed by atoms with Crippen molar-refractivity contribution in [2.45, 2.75) is 19.4 Å². The highest BCUT2D eigenvalue weighted by atomic mass is 16.5. The molecule has 0 unspecified atom stereocenters. The molecule has 0 aliphatic carbocycles. The fraction of sp³-hybridized carbons (Fsp3) is 0.190. The maximum Gasteiger partial charge on any atom is 0.138 e. The molecule has 2 aliphatic heterocycles. The molecule has 1 aromatic carbocycles. The van der Waals surface area contributed by atoms with Crippen LogP contribution in [0.15, 0.2) is 61.1 Å². The van der Waals surface area contributed by atoms with E-state index in [-0.39, 0.29) is 6.04 Å². The molecule has 3 N–H and O–H groups in total. The highest BCUT2D eigenvalue weighted by molar-refractivity contribution is 5.71. The van der Waals surface area contributed by atoms with Crippen molar-refractivity contribution in [1.82, 2.24) is 19.9 Å². The zero-order chi connectivity index (χ0) is 19.5. The molecule has 0 radical (unpaired) electrons. The van der Waals surface area contributed by atoms with Gasteiger partial charge in [0.2, 0.25) is 0 Å². The Morgan fingerprint density at radius 3 is 2.79 bits per heavy atom. The van der Waals surface area contributed by atoms with Gasteiger partial charge in [0.05, 0.1) is 23.8 Å². The van der Waals surface area contributed by atoms with E-state index >= 15 is 0 Å². The third-order valence-electron chi connectivity index (χ3n) is 4.56. The second-order valence-electron chi connectivity index (χ2n) is 6.76. The molecule has 0 bridgehead atoms. The number of ether oxygens (including phenoxy) is 1. The van der Waals surface area contributed by atoms with Gasteiger partial charge >= 0.3 is 0 Å². The first kappa shape index (κ1) is 17.9. The Kier molecular flexibility index (Phi) is 4.90. The van der Waals surface area contributed by atoms with Crippen LogP contribution in [-0.4, -0.2) is 37.8 Å². The first-order chi connectivity index (χ1) is 13.6. The molecule has 142 valence electrons. The number of rotatable bonds is 6. The van der Waals surface area contributed by atoms with Gasteiger partial charge < -0.3 is 15.7 Å². The summed E-state index contributed by atoms with van der Waals surface area (Å²) in [7, 11) is 0. The standard InChI is InChI=1S/C21H21N5O2/c1-14-19-9-21(26(27)12-20(19)25-24-14)16-8-18(11-23-10-16)28-13-17(22)7-15-5-3-2-4-6-15/h2-6,8-12,17,27H,7,13,22H2,1H3/t17-/m0/s1. The molecule has 4 rings (SSSR count). The quantitative estimate of drug-likeness (QED) is 0.503. The summed E-state index contributed by atoms with van der Waals surface area (Å²) < 4.78 is 6.86. The molecule has 0 spiro atoms. The van der Waals surface area contributed by atoms with E-state index in [1.807, 2.05) is 49.4 Å². The van der Waals surface area contributed by atoms with Gasteiger partial charge in [-0.25, -0.2) is 0 Å². The largest absolute Gasteiger partial charge is 0.490 e. The van der Waals surface area contributed by atoms with Crippen molar-refractivity contribution in [3.8, 4) is 28.3 Å². The molecule has 28 heavy (non-hydrogen) atoms. The lowest BCUT2D eigenvalue weighted by atomic mass is 10.1. The van der Waals surface area contributed by atoms with Gasteiger partial charge in [0.15, 0.2) is 0 Å². The van der Waals surface area contributed by atoms with Gasteiger partial charge in [-0.1, -0.05) is 30.3 Å². The van der Waals surface area contributed by atoms with Crippen molar-refractivity contribution in [1.29, 1.82) is 0 Å². The normalized spacial score (nSPS) is 12.2. The van der Waals surface area contributed by atoms with Crippen LogP contribution in [-0.2, 0) is 6.42 Å². The minimum Gasteiger partial charge on any atom is -0.490 e. The number of nitrogens with two attached hydrogens (primary N) is 1. The third-order valence-corrected chi connectivity index (χ3v) is 4.56. The molecular formula is C21H21N5O2. The van der Waals surface area contributed by atoms with Gasteiger partial charge in [0.25, 0.3) is 0 Å². The second-order valence-corrected chi connectivity index (χ2v) is 6.76. The Morgan fingerprint density at radius 2 is 1.96 bits per heavy atom. The van der Waals surface area contributed by atoms with Crippen LogP contribution in [0.1, 0.15) is 11.3 Å². The predicted molar refractivity (Wildman–Crippen MR) is 105 cm³/mol. The van der Waals surface area contributed by atoms with Crippen LogP contribution in [0.4, 0.5) is 0 Å². The number of nitrogens with zero attached hydrogens (tertiary/aromatic N) is 4. The van der Waals surface area contributed by atoms with Crippen LogP contribution in [0.5, 0.6) is 5.75 Å². The maximum absolute atomic E-state index is 10.3. The molecule has 0 saturated carbocycles. The first-order valence-corrected chi connectivity index (χ1v) is 9.02. The SMILES string of the molecule is Cc1nnc2cn(O)c(-c3cncc(OC[C@@H](N)Cc4ccccc4)c3)cc1-2. The molecule has 1 atom stereocenters. The van der Waals surface area contributed by atoms with Gasteiger partial charge in [-0.3, -0.25) is 4.98 Å². The summed E-state index contributed by atoms with van der Waals surface area (Å²) in [6.07, 6.45) is 5.57. The summed E-state index contributed by atoms with van der Waals surface area (Å²) in [6, 6.07) is 13.6. The summed E-state index contributed by atoms with van der Waals surface area (Å²) in [5.74, 6) is 0.594. The monoisotopic (exact) mass is 375 g/mol. The number of fused-ring (bicyclic) bond motifs is 1. The van der Waals surface area contributed by atoms with E-state index in [4.69, 9.17) is 10.5 Å². The number of hydrogen-bond acceptors (Lipinski definition) is 6. The van der Waals surface area contributed by atoms with Crippen molar-refractivity contribution >= 4 is 0 Å². The fourth-order valence-corrected chi connectivity index (χ4v) is 3.12. The Hall–Kier alpha value is -3.45. The van der Waals surface area contributed by atoms with Crippen molar-refractivity contribution in [2.24, 2.45) is 5.73 Å². The molecule has 7 nitrogen and oxygen atoms in total. The molecule has 0 fully saturated rings. The smallest absolute Gasteiger partial charge is 0.138 e. The second kappa shape index (κ2) is 7.66. The van der Waals surface area contributed by atoms with E-state index in [0.29, 0.717) is 23.7 Å². The fourth-order valence-electron chi connectivity index (χ4n) is 3.12. The van der Waals surface area contributed by atoms with Crippen LogP contribution in [0.25, 0.3) is 22.5 Å². The van der Waals surface area contributed by atoms with E-state index in [1.54, 1.807) is 12.4 Å². The molecule has 0 amide bonds. The molecule has 2 aliphatic rings. The molecule has 0 saturated heterocycles. The maximum atomic E-state index is 10.3. The van der Waals surface area contributed by atoms with Gasteiger partial charge in [-0.05, 0) is 31.0 Å². The highest BCUT2D eigenvalue weighted by Crippen LogP contribution is 2.29. The summed E-state index contributed by atoms with van der Waals surface area (Å²) in [5, 5.41) is 18.4. The zero-order valence-electron chi connectivity index (χ0n) is 15.5. The Labute approximate surface area is 162 Å². The minimum atomic E-state index is -0.130. The summed E-state index contributed by atoms with van der Waals surface area (Å²) in [4.78, 5) is 4.23. The van der Waals surface area contributed by atoms with Crippen molar-refractivity contribution < 1.29 is 9.94 Å². The Balaban J connectivity index is 1.50. The van der Waals surface area contributed by atoms with Gasteiger partial charge in [-0.2, -0.15) is 9.83 Å². The molecule has 3 heterocycles. The van der Waals surface area contributed by atoms with Crippen LogP contribution >= 0.6 is 0 Å². The molecule has 2 aromatic rings. The summed E-state index contributed by atoms with van der Waals surface area (Å²) in [6.45, 7) is 2.25. The zero-order valence-corrected chi connectivity index (χ0v) is 15.5. The lowest BCUT2D eigenvalue weighted by Crippen LogP contribution is -2.30. The predicted octanol–water partition coefficient (Wildman–Crippen LogP) is 2.94. The van der Waals surface area contributed by atoms with Crippen molar-refractivity contribution in [2.75, 3.05) is 6.61 Å². The van der Waals surface area contributed by atoms with Crippen molar-refractivity contribution in [3.63, 3.8) is 0 Å². The summed E-state index contributed by atoms with van der Waals surface area (Å²) >= 11 is 0. The lowest BCUT2D eigenvalue weighted by Gasteiger charge is -2.14. The van der Waals surface area contributed by atoms with E-state index in [0.717, 1.165) is 28.0 Å². The Morgan fingerprint density at radius 1 is 1.14 bits per heavy atom. The minimum absolute atomic E-state index is 0.130.